The monoisotopic (exact) mass is 340 g/mol. The van der Waals surface area contributed by atoms with Gasteiger partial charge in [0.2, 0.25) is 5.91 Å². The molecule has 1 atom stereocenters. The predicted octanol–water partition coefficient (Wildman–Crippen LogP) is 2.02. The first-order chi connectivity index (χ1) is 10.6. The number of halogens is 1. The summed E-state index contributed by atoms with van der Waals surface area (Å²) in [6.45, 7) is 0.508. The summed E-state index contributed by atoms with van der Waals surface area (Å²) in [6, 6.07) is 5.47. The molecule has 0 saturated heterocycles. The molecular formula is C16H25ClN4O2. The average Bonchev–Trinajstić information content (AvgIpc) is 2.46. The number of aryl methyl sites for hydroxylation is 1. The molecule has 3 amide bonds. The van der Waals surface area contributed by atoms with E-state index in [1.54, 1.807) is 0 Å². The molecule has 2 rings (SSSR count). The van der Waals surface area contributed by atoms with Crippen LogP contribution in [0.4, 0.5) is 10.5 Å². The molecule has 1 unspecified atom stereocenters. The summed E-state index contributed by atoms with van der Waals surface area (Å²) in [5.41, 5.74) is 14.0. The van der Waals surface area contributed by atoms with Gasteiger partial charge in [0.1, 0.15) is 0 Å². The van der Waals surface area contributed by atoms with E-state index in [9.17, 15) is 9.59 Å². The van der Waals surface area contributed by atoms with Crippen molar-refractivity contribution in [3.63, 3.8) is 0 Å². The third-order valence-electron chi connectivity index (χ3n) is 3.95. The van der Waals surface area contributed by atoms with Crippen LogP contribution in [0.2, 0.25) is 0 Å². The molecule has 6 nitrogen and oxygen atoms in total. The van der Waals surface area contributed by atoms with E-state index >= 15 is 0 Å². The number of fused-ring (bicyclic) bond motifs is 1. The lowest BCUT2D eigenvalue weighted by atomic mass is 9.87. The molecule has 128 valence electrons. The number of anilines is 1. The van der Waals surface area contributed by atoms with E-state index in [1.165, 1.54) is 11.1 Å². The highest BCUT2D eigenvalue weighted by molar-refractivity contribution is 5.85. The number of nitrogens with two attached hydrogens (primary N) is 2. The zero-order valence-corrected chi connectivity index (χ0v) is 14.0. The molecule has 0 radical (unpaired) electrons. The van der Waals surface area contributed by atoms with Gasteiger partial charge >= 0.3 is 6.03 Å². The highest BCUT2D eigenvalue weighted by atomic mass is 35.5. The normalized spacial score (nSPS) is 15.9. The van der Waals surface area contributed by atoms with E-state index in [4.69, 9.17) is 11.5 Å². The second-order valence-corrected chi connectivity index (χ2v) is 5.72. The van der Waals surface area contributed by atoms with E-state index in [1.807, 2.05) is 18.2 Å². The number of primary amides is 1. The Bertz CT molecular complexity index is 551. The highest BCUT2D eigenvalue weighted by Crippen LogP contribution is 2.31. The number of amides is 3. The van der Waals surface area contributed by atoms with Gasteiger partial charge in [-0.25, -0.2) is 4.79 Å². The highest BCUT2D eigenvalue weighted by Gasteiger charge is 2.21. The Morgan fingerprint density at radius 2 is 2.04 bits per heavy atom. The summed E-state index contributed by atoms with van der Waals surface area (Å²) in [7, 11) is 0. The molecule has 0 bridgehead atoms. The topological polar surface area (TPSA) is 110 Å². The van der Waals surface area contributed by atoms with Crippen LogP contribution in [0.15, 0.2) is 18.2 Å². The third kappa shape index (κ3) is 5.98. The summed E-state index contributed by atoms with van der Waals surface area (Å²) >= 11 is 0. The fraction of sp³-hybridized carbons (Fsp3) is 0.500. The zero-order chi connectivity index (χ0) is 15.9. The molecule has 23 heavy (non-hydrogen) atoms. The Kier molecular flexibility index (Phi) is 7.68. The number of benzene rings is 1. The lowest BCUT2D eigenvalue weighted by molar-refractivity contribution is -0.122. The minimum absolute atomic E-state index is 0. The van der Waals surface area contributed by atoms with Crippen LogP contribution in [-0.2, 0) is 11.2 Å². The molecule has 0 aromatic heterocycles. The lowest BCUT2D eigenvalue weighted by Crippen LogP contribution is -2.31. The number of rotatable bonds is 6. The first-order valence-electron chi connectivity index (χ1n) is 7.77. The fourth-order valence-corrected chi connectivity index (χ4v) is 2.87. The molecule has 1 aliphatic rings. The zero-order valence-electron chi connectivity index (χ0n) is 13.1. The van der Waals surface area contributed by atoms with Gasteiger partial charge < -0.3 is 22.1 Å². The number of hydrogen-bond acceptors (Lipinski definition) is 3. The van der Waals surface area contributed by atoms with Gasteiger partial charge in [-0.1, -0.05) is 6.07 Å². The van der Waals surface area contributed by atoms with Gasteiger partial charge in [-0.2, -0.15) is 0 Å². The summed E-state index contributed by atoms with van der Waals surface area (Å²) in [5.74, 6) is 0.0498. The van der Waals surface area contributed by atoms with E-state index in [0.29, 0.717) is 13.0 Å². The molecule has 1 aromatic carbocycles. The minimum atomic E-state index is -0.525. The molecular weight excluding hydrogens is 316 g/mol. The molecule has 0 fully saturated rings. The smallest absolute Gasteiger partial charge is 0.312 e. The molecule has 0 spiro atoms. The summed E-state index contributed by atoms with van der Waals surface area (Å²) in [5, 5.41) is 5.62. The maximum atomic E-state index is 12.0. The average molecular weight is 341 g/mol. The quantitative estimate of drug-likeness (QED) is 0.469. The van der Waals surface area contributed by atoms with E-state index in [0.717, 1.165) is 37.8 Å². The van der Waals surface area contributed by atoms with Crippen molar-refractivity contribution in [2.75, 3.05) is 12.3 Å². The van der Waals surface area contributed by atoms with E-state index < -0.39 is 6.03 Å². The first-order valence-corrected chi connectivity index (χ1v) is 7.77. The fourth-order valence-electron chi connectivity index (χ4n) is 2.87. The molecule has 0 saturated carbocycles. The molecule has 1 aromatic rings. The van der Waals surface area contributed by atoms with Crippen molar-refractivity contribution in [3.8, 4) is 0 Å². The molecule has 7 heteroatoms. The number of hydrogen-bond donors (Lipinski definition) is 4. The number of carbonyl (C=O) groups is 2. The SMILES string of the molecule is Cl.NC(=O)NCCCCC(=O)NC1CCCc2cc(N)ccc21. The van der Waals surface area contributed by atoms with Crippen molar-refractivity contribution in [2.45, 2.75) is 44.6 Å². The van der Waals surface area contributed by atoms with Gasteiger partial charge in [0.25, 0.3) is 0 Å². The van der Waals surface area contributed by atoms with Crippen LogP contribution < -0.4 is 22.1 Å². The maximum absolute atomic E-state index is 12.0. The van der Waals surface area contributed by atoms with Crippen LogP contribution in [0.3, 0.4) is 0 Å². The van der Waals surface area contributed by atoms with Crippen LogP contribution >= 0.6 is 12.4 Å². The van der Waals surface area contributed by atoms with Crippen molar-refractivity contribution < 1.29 is 9.59 Å². The van der Waals surface area contributed by atoms with Gasteiger partial charge in [-0.3, -0.25) is 4.79 Å². The van der Waals surface area contributed by atoms with Crippen LogP contribution in [0.25, 0.3) is 0 Å². The number of nitrogens with one attached hydrogen (secondary N) is 2. The number of unbranched alkanes of at least 4 members (excludes halogenated alkanes) is 1. The summed E-state index contributed by atoms with van der Waals surface area (Å²) in [6.07, 6.45) is 4.98. The first kappa shape index (κ1) is 19.1. The van der Waals surface area contributed by atoms with E-state index in [-0.39, 0.29) is 24.4 Å². The summed E-state index contributed by atoms with van der Waals surface area (Å²) < 4.78 is 0. The number of urea groups is 1. The van der Waals surface area contributed by atoms with Gasteiger partial charge in [0.05, 0.1) is 6.04 Å². The van der Waals surface area contributed by atoms with Crippen LogP contribution in [0, 0.1) is 0 Å². The maximum Gasteiger partial charge on any atom is 0.312 e. The van der Waals surface area contributed by atoms with Crippen molar-refractivity contribution >= 4 is 30.0 Å². The Morgan fingerprint density at radius 3 is 2.78 bits per heavy atom. The van der Waals surface area contributed by atoms with Crippen molar-refractivity contribution in [1.29, 1.82) is 0 Å². The third-order valence-corrected chi connectivity index (χ3v) is 3.95. The van der Waals surface area contributed by atoms with Crippen molar-refractivity contribution in [1.82, 2.24) is 10.6 Å². The Balaban J connectivity index is 0.00000264. The second-order valence-electron chi connectivity index (χ2n) is 5.72. The van der Waals surface area contributed by atoms with Crippen molar-refractivity contribution in [2.24, 2.45) is 5.73 Å². The molecule has 1 aliphatic carbocycles. The summed E-state index contributed by atoms with van der Waals surface area (Å²) in [4.78, 5) is 22.6. The van der Waals surface area contributed by atoms with Crippen LogP contribution in [0.1, 0.15) is 49.3 Å². The van der Waals surface area contributed by atoms with Gasteiger partial charge in [-0.15, -0.1) is 12.4 Å². The lowest BCUT2D eigenvalue weighted by Gasteiger charge is -2.26. The van der Waals surface area contributed by atoms with Gasteiger partial charge in [-0.05, 0) is 55.4 Å². The Labute approximate surface area is 142 Å². The molecule has 0 heterocycles. The largest absolute Gasteiger partial charge is 0.399 e. The second kappa shape index (κ2) is 9.25. The number of nitrogen functional groups attached to an aromatic ring is 1. The minimum Gasteiger partial charge on any atom is -0.399 e. The number of carbonyl (C=O) groups excluding carboxylic acids is 2. The van der Waals surface area contributed by atoms with Gasteiger partial charge in [0, 0.05) is 18.7 Å². The standard InChI is InChI=1S/C16H24N4O2.ClH/c17-12-7-8-13-11(10-12)4-3-5-14(13)20-15(21)6-1-2-9-19-16(18)22;/h7-8,10,14H,1-6,9,17H2,(H,20,21)(H3,18,19,22);1H. The predicted molar refractivity (Wildman–Crippen MR) is 93.4 cm³/mol. The van der Waals surface area contributed by atoms with Gasteiger partial charge in [0.15, 0.2) is 0 Å². The van der Waals surface area contributed by atoms with Crippen LogP contribution in [0.5, 0.6) is 0 Å². The molecule has 6 N–H and O–H groups in total. The van der Waals surface area contributed by atoms with Crippen LogP contribution in [-0.4, -0.2) is 18.5 Å². The Morgan fingerprint density at radius 1 is 1.26 bits per heavy atom. The van der Waals surface area contributed by atoms with E-state index in [2.05, 4.69) is 10.6 Å². The Hall–Kier alpha value is -1.95. The van der Waals surface area contributed by atoms with Crippen molar-refractivity contribution in [3.05, 3.63) is 29.3 Å². The molecule has 0 aliphatic heterocycles.